The van der Waals surface area contributed by atoms with Crippen LogP contribution in [0, 0.1) is 0 Å². The highest BCUT2D eigenvalue weighted by Crippen LogP contribution is 2.26. The van der Waals surface area contributed by atoms with Crippen LogP contribution in [-0.2, 0) is 30.7 Å². The summed E-state index contributed by atoms with van der Waals surface area (Å²) < 4.78 is 0. The third kappa shape index (κ3) is 6.21. The summed E-state index contributed by atoms with van der Waals surface area (Å²) in [6, 6.07) is 18.7. The van der Waals surface area contributed by atoms with Crippen molar-refractivity contribution in [1.29, 1.82) is 0 Å². The normalized spacial score (nSPS) is 15.4. The maximum atomic E-state index is 13.2. The van der Waals surface area contributed by atoms with Crippen LogP contribution in [-0.4, -0.2) is 59.3 Å². The van der Waals surface area contributed by atoms with Crippen molar-refractivity contribution in [3.8, 4) is 0 Å². The molecule has 4 aromatic rings. The number of carbonyl (C=O) groups excluding carboxylic acids is 3. The van der Waals surface area contributed by atoms with Crippen LogP contribution in [0.4, 0.5) is 4.79 Å². The summed E-state index contributed by atoms with van der Waals surface area (Å²) >= 11 is 1.62. The number of nitrogens with zero attached hydrogens (tertiary/aromatic N) is 2. The first-order chi connectivity index (χ1) is 18.9. The number of carbonyl (C=O) groups is 3. The van der Waals surface area contributed by atoms with Gasteiger partial charge in [0.2, 0.25) is 0 Å². The van der Waals surface area contributed by atoms with Crippen molar-refractivity contribution in [1.82, 2.24) is 25.4 Å². The van der Waals surface area contributed by atoms with Crippen molar-refractivity contribution >= 4 is 40.1 Å². The lowest BCUT2D eigenvalue weighted by molar-refractivity contribution is -0.128. The Kier molecular flexibility index (Phi) is 8.09. The zero-order valence-electron chi connectivity index (χ0n) is 22.2. The van der Waals surface area contributed by atoms with Gasteiger partial charge in [-0.3, -0.25) is 14.5 Å². The van der Waals surface area contributed by atoms with Gasteiger partial charge in [-0.05, 0) is 73.6 Å². The van der Waals surface area contributed by atoms with Crippen LogP contribution < -0.4 is 10.6 Å². The van der Waals surface area contributed by atoms with Crippen LogP contribution in [0.2, 0.25) is 0 Å². The number of fused-ring (bicyclic) bond motifs is 1. The Labute approximate surface area is 232 Å². The molecule has 5 rings (SSSR count). The topological polar surface area (TPSA) is 97.5 Å². The molecule has 0 spiro atoms. The first kappa shape index (κ1) is 26.6. The number of imide groups is 1. The number of hydrogen-bond donors (Lipinski definition) is 3. The minimum atomic E-state index is -0.546. The number of aryl methyl sites for hydroxylation is 1. The molecule has 0 radical (unpaired) electrons. The molecule has 1 unspecified atom stereocenters. The number of nitrogens with one attached hydrogen (secondary N) is 3. The Balaban J connectivity index is 1.30. The van der Waals surface area contributed by atoms with Gasteiger partial charge in [-0.1, -0.05) is 42.5 Å². The number of hydrogen-bond acceptors (Lipinski definition) is 5. The number of aromatic nitrogens is 1. The highest BCUT2D eigenvalue weighted by Gasteiger charge is 2.37. The summed E-state index contributed by atoms with van der Waals surface area (Å²) in [6.07, 6.45) is 1.86. The molecule has 0 bridgehead atoms. The van der Waals surface area contributed by atoms with Crippen LogP contribution in [0.1, 0.15) is 38.5 Å². The third-order valence-electron chi connectivity index (χ3n) is 7.02. The summed E-state index contributed by atoms with van der Waals surface area (Å²) in [7, 11) is 4.04. The van der Waals surface area contributed by atoms with E-state index >= 15 is 0 Å². The standard InChI is InChI=1S/C30H33N5O3S/c1-34(2)15-14-23-24-17-20(10-12-25(24)32-27(23)28(36)31-18-22-9-6-16-39-22)11-13-26-29(37)35(30(38)33-26)19-21-7-4-3-5-8-21/h3-10,12,16-17,26,32H,11,13-15,18-19H2,1-2H3,(H,31,36)(H,33,38). The summed E-state index contributed by atoms with van der Waals surface area (Å²) in [6.45, 7) is 1.57. The fourth-order valence-corrected chi connectivity index (χ4v) is 5.55. The summed E-state index contributed by atoms with van der Waals surface area (Å²) in [5, 5.41) is 8.90. The monoisotopic (exact) mass is 543 g/mol. The second kappa shape index (κ2) is 11.8. The lowest BCUT2D eigenvalue weighted by Gasteiger charge is -2.13. The molecule has 9 heteroatoms. The van der Waals surface area contributed by atoms with Crippen molar-refractivity contribution in [3.63, 3.8) is 0 Å². The lowest BCUT2D eigenvalue weighted by atomic mass is 10.0. The molecule has 2 aromatic carbocycles. The molecule has 3 heterocycles. The van der Waals surface area contributed by atoms with E-state index in [1.54, 1.807) is 11.3 Å². The van der Waals surface area contributed by atoms with Crippen LogP contribution in [0.15, 0.2) is 66.0 Å². The van der Waals surface area contributed by atoms with Crippen molar-refractivity contribution in [2.45, 2.75) is 38.4 Å². The maximum Gasteiger partial charge on any atom is 0.325 e. The number of aromatic amines is 1. The average Bonchev–Trinajstić information content (AvgIpc) is 3.65. The molecule has 4 amide bonds. The lowest BCUT2D eigenvalue weighted by Crippen LogP contribution is -2.31. The van der Waals surface area contributed by atoms with E-state index in [2.05, 4.69) is 26.6 Å². The van der Waals surface area contributed by atoms with Gasteiger partial charge in [0.15, 0.2) is 0 Å². The zero-order chi connectivity index (χ0) is 27.4. The molecule has 3 N–H and O–H groups in total. The van der Waals surface area contributed by atoms with Gasteiger partial charge in [0.05, 0.1) is 13.1 Å². The van der Waals surface area contributed by atoms with Gasteiger partial charge in [-0.25, -0.2) is 4.79 Å². The number of thiophene rings is 1. The van der Waals surface area contributed by atoms with E-state index in [0.29, 0.717) is 25.1 Å². The van der Waals surface area contributed by atoms with Crippen molar-refractivity contribution in [2.24, 2.45) is 0 Å². The number of amides is 4. The van der Waals surface area contributed by atoms with Crippen LogP contribution >= 0.6 is 11.3 Å². The first-order valence-corrected chi connectivity index (χ1v) is 14.0. The summed E-state index contributed by atoms with van der Waals surface area (Å²) in [5.41, 5.74) is 4.47. The van der Waals surface area contributed by atoms with Crippen LogP contribution in [0.5, 0.6) is 0 Å². The van der Waals surface area contributed by atoms with Gasteiger partial charge >= 0.3 is 6.03 Å². The van der Waals surface area contributed by atoms with Crippen molar-refractivity contribution in [2.75, 3.05) is 20.6 Å². The Morgan fingerprint density at radius 1 is 1.03 bits per heavy atom. The fourth-order valence-electron chi connectivity index (χ4n) is 4.91. The van der Waals surface area contributed by atoms with E-state index < -0.39 is 6.04 Å². The molecule has 0 aliphatic carbocycles. The van der Waals surface area contributed by atoms with E-state index in [9.17, 15) is 14.4 Å². The van der Waals surface area contributed by atoms with Crippen LogP contribution in [0.3, 0.4) is 0 Å². The van der Waals surface area contributed by atoms with Gasteiger partial charge in [-0.2, -0.15) is 0 Å². The molecule has 1 aliphatic rings. The van der Waals surface area contributed by atoms with Gasteiger partial charge in [-0.15, -0.1) is 11.3 Å². The minimum Gasteiger partial charge on any atom is -0.350 e. The molecule has 1 aliphatic heterocycles. The zero-order valence-corrected chi connectivity index (χ0v) is 23.0. The Morgan fingerprint density at radius 2 is 1.85 bits per heavy atom. The molecular weight excluding hydrogens is 510 g/mol. The second-order valence-electron chi connectivity index (χ2n) is 10.1. The molecule has 202 valence electrons. The van der Waals surface area contributed by atoms with Gasteiger partial charge in [0, 0.05) is 22.3 Å². The van der Waals surface area contributed by atoms with Crippen molar-refractivity contribution < 1.29 is 14.4 Å². The summed E-state index contributed by atoms with van der Waals surface area (Å²) in [4.78, 5) is 46.5. The van der Waals surface area contributed by atoms with E-state index in [1.165, 1.54) is 4.90 Å². The van der Waals surface area contributed by atoms with Crippen molar-refractivity contribution in [3.05, 3.63) is 93.3 Å². The molecule has 2 aromatic heterocycles. The number of likely N-dealkylation sites (N-methyl/N-ethyl adjacent to an activating group) is 1. The average molecular weight is 544 g/mol. The number of rotatable bonds is 11. The predicted molar refractivity (Wildman–Crippen MR) is 154 cm³/mol. The van der Waals surface area contributed by atoms with E-state index in [4.69, 9.17) is 0 Å². The molecular formula is C30H33N5O3S. The predicted octanol–water partition coefficient (Wildman–Crippen LogP) is 4.32. The molecule has 8 nitrogen and oxygen atoms in total. The Hall–Kier alpha value is -3.95. The smallest absolute Gasteiger partial charge is 0.325 e. The highest BCUT2D eigenvalue weighted by atomic mass is 32.1. The van der Waals surface area contributed by atoms with Crippen LogP contribution in [0.25, 0.3) is 10.9 Å². The van der Waals surface area contributed by atoms with Gasteiger partial charge in [0.1, 0.15) is 11.7 Å². The van der Waals surface area contributed by atoms with E-state index in [-0.39, 0.29) is 24.4 Å². The fraction of sp³-hybridized carbons (Fsp3) is 0.300. The Morgan fingerprint density at radius 3 is 2.59 bits per heavy atom. The maximum absolute atomic E-state index is 13.2. The van der Waals surface area contributed by atoms with E-state index in [0.717, 1.165) is 45.4 Å². The molecule has 1 fully saturated rings. The summed E-state index contributed by atoms with van der Waals surface area (Å²) in [5.74, 6) is -0.310. The third-order valence-corrected chi connectivity index (χ3v) is 7.90. The highest BCUT2D eigenvalue weighted by molar-refractivity contribution is 7.09. The van der Waals surface area contributed by atoms with E-state index in [1.807, 2.05) is 74.1 Å². The largest absolute Gasteiger partial charge is 0.350 e. The number of H-pyrrole nitrogens is 1. The molecule has 1 saturated heterocycles. The first-order valence-electron chi connectivity index (χ1n) is 13.1. The molecule has 0 saturated carbocycles. The molecule has 1 atom stereocenters. The Bertz CT molecular complexity index is 1460. The number of urea groups is 1. The SMILES string of the molecule is CN(C)CCc1c(C(=O)NCc2cccs2)[nH]c2ccc(CCC3NC(=O)N(Cc4ccccc4)C3=O)cc12. The van der Waals surface area contributed by atoms with Gasteiger partial charge in [0.25, 0.3) is 11.8 Å². The van der Waals surface area contributed by atoms with Gasteiger partial charge < -0.3 is 20.5 Å². The molecule has 39 heavy (non-hydrogen) atoms. The minimum absolute atomic E-state index is 0.118. The quantitative estimate of drug-likeness (QED) is 0.246. The number of benzene rings is 2. The second-order valence-corrected chi connectivity index (χ2v) is 11.2.